The third kappa shape index (κ3) is 2.39. The Morgan fingerprint density at radius 1 is 1.26 bits per heavy atom. The molecule has 98 valence electrons. The summed E-state index contributed by atoms with van der Waals surface area (Å²) in [6.45, 7) is 1.63. The van der Waals surface area contributed by atoms with E-state index in [1.165, 1.54) is 16.7 Å². The van der Waals surface area contributed by atoms with Crippen LogP contribution in [0.15, 0.2) is 42.6 Å². The van der Waals surface area contributed by atoms with E-state index in [4.69, 9.17) is 4.74 Å². The van der Waals surface area contributed by atoms with Crippen LogP contribution in [0, 0.1) is 0 Å². The summed E-state index contributed by atoms with van der Waals surface area (Å²) in [6, 6.07) is 12.5. The number of fused-ring (bicyclic) bond motifs is 1. The van der Waals surface area contributed by atoms with Gasteiger partial charge in [0.25, 0.3) is 0 Å². The first kappa shape index (κ1) is 12.3. The van der Waals surface area contributed by atoms with Crippen molar-refractivity contribution < 1.29 is 4.74 Å². The number of nitrogens with one attached hydrogen (secondary N) is 1. The van der Waals surface area contributed by atoms with Crippen LogP contribution in [0.25, 0.3) is 11.3 Å². The highest BCUT2D eigenvalue weighted by Gasteiger charge is 2.22. The maximum atomic E-state index is 5.85. The highest BCUT2D eigenvalue weighted by Crippen LogP contribution is 2.33. The lowest BCUT2D eigenvalue weighted by Gasteiger charge is -2.27. The van der Waals surface area contributed by atoms with Gasteiger partial charge in [0, 0.05) is 18.3 Å². The largest absolute Gasteiger partial charge is 0.372 e. The second-order valence-electron chi connectivity index (χ2n) is 4.76. The van der Waals surface area contributed by atoms with Gasteiger partial charge in [-0.25, -0.2) is 0 Å². The normalized spacial score (nSPS) is 18.1. The van der Waals surface area contributed by atoms with Crippen LogP contribution in [0.2, 0.25) is 0 Å². The second-order valence-corrected chi connectivity index (χ2v) is 4.76. The third-order valence-electron chi connectivity index (χ3n) is 3.56. The molecule has 2 heterocycles. The van der Waals surface area contributed by atoms with Gasteiger partial charge in [0.05, 0.1) is 18.4 Å². The summed E-state index contributed by atoms with van der Waals surface area (Å²) < 4.78 is 5.85. The molecular formula is C16H18N2O. The smallest absolute Gasteiger partial charge is 0.0952 e. The first-order chi connectivity index (χ1) is 9.40. The number of nitrogens with zero attached hydrogens (tertiary/aromatic N) is 1. The molecule has 3 heteroatoms. The lowest BCUT2D eigenvalue weighted by molar-refractivity contribution is 0.0440. The molecule has 0 bridgehead atoms. The van der Waals surface area contributed by atoms with E-state index in [2.05, 4.69) is 34.6 Å². The van der Waals surface area contributed by atoms with Crippen molar-refractivity contribution in [3.05, 3.63) is 53.7 Å². The van der Waals surface area contributed by atoms with E-state index in [1.54, 1.807) is 0 Å². The Kier molecular flexibility index (Phi) is 3.58. The van der Waals surface area contributed by atoms with Crippen LogP contribution in [0.1, 0.15) is 17.2 Å². The number of pyridine rings is 1. The van der Waals surface area contributed by atoms with Gasteiger partial charge >= 0.3 is 0 Å². The van der Waals surface area contributed by atoms with Gasteiger partial charge in [0.1, 0.15) is 0 Å². The van der Waals surface area contributed by atoms with Crippen LogP contribution >= 0.6 is 0 Å². The first-order valence-corrected chi connectivity index (χ1v) is 6.69. The van der Waals surface area contributed by atoms with Crippen molar-refractivity contribution in [3.63, 3.8) is 0 Å². The number of likely N-dealkylation sites (N-methyl/N-ethyl adjacent to an activating group) is 1. The highest BCUT2D eigenvalue weighted by atomic mass is 16.5. The van der Waals surface area contributed by atoms with Gasteiger partial charge in [-0.1, -0.05) is 24.3 Å². The highest BCUT2D eigenvalue weighted by molar-refractivity contribution is 5.66. The zero-order valence-corrected chi connectivity index (χ0v) is 11.1. The summed E-state index contributed by atoms with van der Waals surface area (Å²) in [5.74, 6) is 0. The van der Waals surface area contributed by atoms with Gasteiger partial charge in [-0.3, -0.25) is 4.98 Å². The first-order valence-electron chi connectivity index (χ1n) is 6.69. The van der Waals surface area contributed by atoms with E-state index in [0.717, 1.165) is 25.3 Å². The number of aromatic nitrogens is 1. The van der Waals surface area contributed by atoms with Crippen molar-refractivity contribution >= 4 is 0 Å². The molecule has 1 aliphatic heterocycles. The maximum absolute atomic E-state index is 5.85. The van der Waals surface area contributed by atoms with Crippen LogP contribution in [-0.2, 0) is 11.2 Å². The van der Waals surface area contributed by atoms with E-state index in [9.17, 15) is 0 Å². The maximum Gasteiger partial charge on any atom is 0.0952 e. The fourth-order valence-electron chi connectivity index (χ4n) is 2.69. The van der Waals surface area contributed by atoms with Gasteiger partial charge in [0.15, 0.2) is 0 Å². The molecular weight excluding hydrogens is 236 g/mol. The monoisotopic (exact) mass is 254 g/mol. The average molecular weight is 254 g/mol. The summed E-state index contributed by atoms with van der Waals surface area (Å²) in [5.41, 5.74) is 4.96. The van der Waals surface area contributed by atoms with Crippen LogP contribution in [-0.4, -0.2) is 25.2 Å². The molecule has 3 rings (SSSR count). The standard InChI is InChI=1S/C16H18N2O/c1-17-11-16-14-6-4-5-13(12(14)8-10-19-16)15-7-2-3-9-18-15/h2-7,9,16-17H,8,10-11H2,1H3/t16-/m0/s1. The van der Waals surface area contributed by atoms with Gasteiger partial charge in [-0.2, -0.15) is 0 Å². The average Bonchev–Trinajstić information content (AvgIpc) is 2.48. The number of rotatable bonds is 3. The van der Waals surface area contributed by atoms with Gasteiger partial charge in [0.2, 0.25) is 0 Å². The molecule has 1 aliphatic rings. The summed E-state index contributed by atoms with van der Waals surface area (Å²) in [4.78, 5) is 4.47. The van der Waals surface area contributed by atoms with Crippen molar-refractivity contribution in [2.45, 2.75) is 12.5 Å². The summed E-state index contributed by atoms with van der Waals surface area (Å²) >= 11 is 0. The summed E-state index contributed by atoms with van der Waals surface area (Å²) in [6.07, 6.45) is 2.96. The molecule has 3 nitrogen and oxygen atoms in total. The van der Waals surface area contributed by atoms with Gasteiger partial charge < -0.3 is 10.1 Å². The SMILES string of the molecule is CNC[C@@H]1OCCc2c(-c3ccccn3)cccc21. The molecule has 1 N–H and O–H groups in total. The minimum atomic E-state index is 0.150. The van der Waals surface area contributed by atoms with Crippen molar-refractivity contribution in [1.82, 2.24) is 10.3 Å². The topological polar surface area (TPSA) is 34.1 Å². The van der Waals surface area contributed by atoms with E-state index in [0.29, 0.717) is 0 Å². The third-order valence-corrected chi connectivity index (χ3v) is 3.56. The minimum Gasteiger partial charge on any atom is -0.372 e. The molecule has 0 aliphatic carbocycles. The van der Waals surface area contributed by atoms with Gasteiger partial charge in [-0.05, 0) is 36.7 Å². The Bertz CT molecular complexity index is 554. The molecule has 0 amide bonds. The van der Waals surface area contributed by atoms with E-state index in [-0.39, 0.29) is 6.10 Å². The Labute approximate surface area is 113 Å². The summed E-state index contributed by atoms with van der Waals surface area (Å²) in [5, 5.41) is 3.20. The lowest BCUT2D eigenvalue weighted by Crippen LogP contribution is -2.25. The number of ether oxygens (including phenoxy) is 1. The molecule has 19 heavy (non-hydrogen) atoms. The van der Waals surface area contributed by atoms with Gasteiger partial charge in [-0.15, -0.1) is 0 Å². The molecule has 1 atom stereocenters. The van der Waals surface area contributed by atoms with E-state index >= 15 is 0 Å². The molecule has 1 aromatic carbocycles. The second kappa shape index (κ2) is 5.51. The molecule has 0 saturated carbocycles. The predicted molar refractivity (Wildman–Crippen MR) is 76.0 cm³/mol. The molecule has 0 radical (unpaired) electrons. The van der Waals surface area contributed by atoms with Crippen molar-refractivity contribution in [1.29, 1.82) is 0 Å². The van der Waals surface area contributed by atoms with E-state index in [1.807, 2.05) is 25.4 Å². The molecule has 0 unspecified atom stereocenters. The zero-order chi connectivity index (χ0) is 13.1. The molecule has 0 fully saturated rings. The molecule has 0 saturated heterocycles. The molecule has 1 aromatic heterocycles. The van der Waals surface area contributed by atoms with Crippen LogP contribution < -0.4 is 5.32 Å². The number of hydrogen-bond acceptors (Lipinski definition) is 3. The summed E-state index contributed by atoms with van der Waals surface area (Å²) in [7, 11) is 1.96. The fraction of sp³-hybridized carbons (Fsp3) is 0.312. The molecule has 0 spiro atoms. The fourth-order valence-corrected chi connectivity index (χ4v) is 2.69. The van der Waals surface area contributed by atoms with Crippen LogP contribution in [0.5, 0.6) is 0 Å². The van der Waals surface area contributed by atoms with E-state index < -0.39 is 0 Å². The number of hydrogen-bond donors (Lipinski definition) is 1. The Hall–Kier alpha value is -1.71. The van der Waals surface area contributed by atoms with Crippen molar-refractivity contribution in [2.24, 2.45) is 0 Å². The number of benzene rings is 1. The Balaban J connectivity index is 2.06. The predicted octanol–water partition coefficient (Wildman–Crippen LogP) is 2.58. The lowest BCUT2D eigenvalue weighted by atomic mass is 9.91. The molecule has 2 aromatic rings. The van der Waals surface area contributed by atoms with Crippen LogP contribution in [0.3, 0.4) is 0 Å². The Morgan fingerprint density at radius 2 is 2.21 bits per heavy atom. The quantitative estimate of drug-likeness (QED) is 0.914. The van der Waals surface area contributed by atoms with Crippen molar-refractivity contribution in [3.8, 4) is 11.3 Å². The minimum absolute atomic E-state index is 0.150. The van der Waals surface area contributed by atoms with Crippen molar-refractivity contribution in [2.75, 3.05) is 20.2 Å². The van der Waals surface area contributed by atoms with Crippen LogP contribution in [0.4, 0.5) is 0 Å². The Morgan fingerprint density at radius 3 is 3.00 bits per heavy atom. The zero-order valence-electron chi connectivity index (χ0n) is 11.1.